The van der Waals surface area contributed by atoms with Gasteiger partial charge in [-0.25, -0.2) is 9.49 Å². The molecule has 3 aromatic heterocycles. The summed E-state index contributed by atoms with van der Waals surface area (Å²) in [6.45, 7) is 7.54. The summed E-state index contributed by atoms with van der Waals surface area (Å²) in [5, 5.41) is 26.9. The molecule has 1 aliphatic rings. The molecule has 0 fully saturated rings. The molecule has 0 unspecified atom stereocenters. The van der Waals surface area contributed by atoms with Crippen molar-refractivity contribution in [1.29, 1.82) is 0 Å². The standard InChI is InChI=1S/C26H27FN6O3S/c1-12-6-7-14(16-10-17(24(35)31-30-16)28-20-8-13(2)33(5)32-20)21(27)22(12)29-25(36)18-9-15-19(37-18)11-26(3,4)23(15)34/h6-10,23,34H,11H2,1-5H3,(H,29,36)(H,31,35)(H,28,30,32)/t23-/m1/s1. The monoisotopic (exact) mass is 522 g/mol. The van der Waals surface area contributed by atoms with Gasteiger partial charge in [0.15, 0.2) is 11.6 Å². The minimum absolute atomic E-state index is 0.0276. The Labute approximate surface area is 216 Å². The van der Waals surface area contributed by atoms with Crippen LogP contribution >= 0.6 is 11.3 Å². The van der Waals surface area contributed by atoms with Crippen LogP contribution in [0.25, 0.3) is 11.3 Å². The molecule has 0 bridgehead atoms. The first kappa shape index (κ1) is 24.8. The summed E-state index contributed by atoms with van der Waals surface area (Å²) in [4.78, 5) is 26.8. The number of hydrogen-bond donors (Lipinski definition) is 4. The lowest BCUT2D eigenvalue weighted by Crippen LogP contribution is -2.18. The van der Waals surface area contributed by atoms with Gasteiger partial charge in [-0.05, 0) is 55.0 Å². The molecule has 1 amide bonds. The fraction of sp³-hybridized carbons (Fsp3) is 0.308. The zero-order valence-corrected chi connectivity index (χ0v) is 21.9. The number of aromatic nitrogens is 4. The second kappa shape index (κ2) is 8.93. The zero-order valence-electron chi connectivity index (χ0n) is 21.1. The maximum absolute atomic E-state index is 15.7. The number of amides is 1. The van der Waals surface area contributed by atoms with E-state index >= 15 is 4.39 Å². The van der Waals surface area contributed by atoms with Gasteiger partial charge in [0.05, 0.1) is 22.4 Å². The van der Waals surface area contributed by atoms with Gasteiger partial charge in [-0.1, -0.05) is 19.9 Å². The van der Waals surface area contributed by atoms with E-state index in [1.165, 1.54) is 17.4 Å². The van der Waals surface area contributed by atoms with Gasteiger partial charge in [0.25, 0.3) is 11.5 Å². The first-order valence-corrected chi connectivity index (χ1v) is 12.5. The molecule has 9 nitrogen and oxygen atoms in total. The number of aromatic amines is 1. The number of rotatable bonds is 5. The number of H-pyrrole nitrogens is 1. The summed E-state index contributed by atoms with van der Waals surface area (Å²) < 4.78 is 17.4. The predicted octanol–water partition coefficient (Wildman–Crippen LogP) is 4.60. The summed E-state index contributed by atoms with van der Waals surface area (Å²) in [6, 6.07) is 8.13. The number of nitrogens with one attached hydrogen (secondary N) is 3. The van der Waals surface area contributed by atoms with Crippen molar-refractivity contribution in [2.75, 3.05) is 10.6 Å². The van der Waals surface area contributed by atoms with Gasteiger partial charge in [0.2, 0.25) is 0 Å². The lowest BCUT2D eigenvalue weighted by atomic mass is 9.88. The highest BCUT2D eigenvalue weighted by atomic mass is 32.1. The van der Waals surface area contributed by atoms with E-state index in [0.717, 1.165) is 16.1 Å². The van der Waals surface area contributed by atoms with E-state index in [4.69, 9.17) is 0 Å². The van der Waals surface area contributed by atoms with E-state index in [1.807, 2.05) is 20.8 Å². The van der Waals surface area contributed by atoms with Gasteiger partial charge in [-0.15, -0.1) is 11.3 Å². The molecule has 192 valence electrons. The second-order valence-corrected chi connectivity index (χ2v) is 11.2. The molecular weight excluding hydrogens is 495 g/mol. The molecular formula is C26H27FN6O3S. The second-order valence-electron chi connectivity index (χ2n) is 10.0. The van der Waals surface area contributed by atoms with Crippen molar-refractivity contribution >= 4 is 34.4 Å². The fourth-order valence-corrected chi connectivity index (χ4v) is 5.78. The number of hydrogen-bond acceptors (Lipinski definition) is 7. The van der Waals surface area contributed by atoms with Crippen LogP contribution < -0.4 is 16.2 Å². The third-order valence-corrected chi connectivity index (χ3v) is 7.91. The lowest BCUT2D eigenvalue weighted by molar-refractivity contribution is 0.0665. The Hall–Kier alpha value is -3.83. The number of aryl methyl sites for hydroxylation is 3. The summed E-state index contributed by atoms with van der Waals surface area (Å²) >= 11 is 1.31. The maximum Gasteiger partial charge on any atom is 0.287 e. The highest BCUT2D eigenvalue weighted by Crippen LogP contribution is 2.48. The molecule has 4 N–H and O–H groups in total. The zero-order chi connectivity index (χ0) is 26.6. The maximum atomic E-state index is 15.7. The van der Waals surface area contributed by atoms with Crippen LogP contribution in [0.2, 0.25) is 0 Å². The fourth-order valence-electron chi connectivity index (χ4n) is 4.45. The number of anilines is 3. The molecule has 0 spiro atoms. The van der Waals surface area contributed by atoms with E-state index in [9.17, 15) is 14.7 Å². The van der Waals surface area contributed by atoms with Crippen molar-refractivity contribution in [2.45, 2.75) is 40.2 Å². The topological polar surface area (TPSA) is 125 Å². The summed E-state index contributed by atoms with van der Waals surface area (Å²) in [7, 11) is 1.78. The molecule has 0 saturated heterocycles. The van der Waals surface area contributed by atoms with E-state index in [2.05, 4.69) is 25.9 Å². The number of nitrogens with zero attached hydrogens (tertiary/aromatic N) is 3. The van der Waals surface area contributed by atoms with Crippen molar-refractivity contribution in [1.82, 2.24) is 20.0 Å². The first-order valence-electron chi connectivity index (χ1n) is 11.7. The number of aliphatic hydroxyl groups is 1. The van der Waals surface area contributed by atoms with Crippen LogP contribution in [0.4, 0.5) is 21.6 Å². The number of carbonyl (C=O) groups is 1. The molecule has 3 heterocycles. The highest BCUT2D eigenvalue weighted by Gasteiger charge is 2.40. The van der Waals surface area contributed by atoms with Crippen LogP contribution in [0.3, 0.4) is 0 Å². The largest absolute Gasteiger partial charge is 0.388 e. The van der Waals surface area contributed by atoms with Gasteiger partial charge in [-0.2, -0.15) is 10.2 Å². The summed E-state index contributed by atoms with van der Waals surface area (Å²) in [5.74, 6) is -0.653. The smallest absolute Gasteiger partial charge is 0.287 e. The van der Waals surface area contributed by atoms with Crippen molar-refractivity contribution < 1.29 is 14.3 Å². The average molecular weight is 523 g/mol. The minimum atomic E-state index is -0.669. The molecule has 11 heteroatoms. The molecule has 37 heavy (non-hydrogen) atoms. The van der Waals surface area contributed by atoms with Crippen molar-refractivity contribution in [3.8, 4) is 11.3 Å². The molecule has 1 aliphatic carbocycles. The number of fused-ring (bicyclic) bond motifs is 1. The van der Waals surface area contributed by atoms with Crippen LogP contribution in [-0.2, 0) is 13.5 Å². The van der Waals surface area contributed by atoms with Crippen LogP contribution in [0.1, 0.15) is 51.3 Å². The molecule has 0 radical (unpaired) electrons. The van der Waals surface area contributed by atoms with E-state index in [-0.39, 0.29) is 28.0 Å². The molecule has 5 rings (SSSR count). The Morgan fingerprint density at radius 1 is 1.27 bits per heavy atom. The summed E-state index contributed by atoms with van der Waals surface area (Å²) in [6.07, 6.45) is 0.0302. The van der Waals surface area contributed by atoms with E-state index < -0.39 is 23.4 Å². The van der Waals surface area contributed by atoms with Crippen molar-refractivity contribution in [3.05, 3.63) is 73.1 Å². The van der Waals surface area contributed by atoms with Gasteiger partial charge < -0.3 is 15.7 Å². The molecule has 4 aromatic rings. The quantitative estimate of drug-likeness (QED) is 0.304. The van der Waals surface area contributed by atoms with Crippen LogP contribution in [-0.4, -0.2) is 31.0 Å². The number of benzene rings is 1. The third kappa shape index (κ3) is 4.44. The van der Waals surface area contributed by atoms with Crippen LogP contribution in [0, 0.1) is 25.1 Å². The number of thiophene rings is 1. The Morgan fingerprint density at radius 2 is 2.03 bits per heavy atom. The SMILES string of the molecule is Cc1ccc(-c2cc(Nc3cc(C)n(C)n3)c(=O)[nH]n2)c(F)c1NC(=O)c1cc2c(s1)CC(C)(C)[C@@H]2O. The Morgan fingerprint density at radius 3 is 2.70 bits per heavy atom. The van der Waals surface area contributed by atoms with Gasteiger partial charge in [0.1, 0.15) is 5.69 Å². The van der Waals surface area contributed by atoms with E-state index in [1.54, 1.807) is 42.9 Å². The third-order valence-electron chi connectivity index (χ3n) is 6.76. The highest BCUT2D eigenvalue weighted by molar-refractivity contribution is 7.14. The van der Waals surface area contributed by atoms with Gasteiger partial charge in [-0.3, -0.25) is 14.3 Å². The van der Waals surface area contributed by atoms with Crippen molar-refractivity contribution in [3.63, 3.8) is 0 Å². The molecule has 0 saturated carbocycles. The predicted molar refractivity (Wildman–Crippen MR) is 141 cm³/mol. The lowest BCUT2D eigenvalue weighted by Gasteiger charge is -2.22. The minimum Gasteiger partial charge on any atom is -0.388 e. The van der Waals surface area contributed by atoms with Gasteiger partial charge >= 0.3 is 0 Å². The van der Waals surface area contributed by atoms with E-state index in [0.29, 0.717) is 22.7 Å². The molecule has 1 atom stereocenters. The summed E-state index contributed by atoms with van der Waals surface area (Å²) in [5.41, 5.74) is 1.91. The molecule has 1 aromatic carbocycles. The van der Waals surface area contributed by atoms with Crippen LogP contribution in [0.5, 0.6) is 0 Å². The Balaban J connectivity index is 1.44. The van der Waals surface area contributed by atoms with Crippen LogP contribution in [0.15, 0.2) is 35.1 Å². The Bertz CT molecular complexity index is 1580. The number of aliphatic hydroxyl groups excluding tert-OH is 1. The average Bonchev–Trinajstić information content (AvgIpc) is 3.45. The first-order chi connectivity index (χ1) is 17.4. The molecule has 0 aliphatic heterocycles. The Kier molecular flexibility index (Phi) is 5.99. The number of carbonyl (C=O) groups excluding carboxylic acids is 1. The number of halogens is 1. The normalized spacial score (nSPS) is 16.0. The van der Waals surface area contributed by atoms with Gasteiger partial charge in [0, 0.05) is 29.2 Å². The van der Waals surface area contributed by atoms with Crippen molar-refractivity contribution in [2.24, 2.45) is 12.5 Å².